The van der Waals surface area contributed by atoms with E-state index in [0.717, 1.165) is 29.1 Å². The molecule has 1 aliphatic rings. The zero-order valence-electron chi connectivity index (χ0n) is 15.4. The van der Waals surface area contributed by atoms with Crippen LogP contribution in [0, 0.1) is 17.2 Å². The van der Waals surface area contributed by atoms with Crippen molar-refractivity contribution in [2.75, 3.05) is 19.4 Å². The Morgan fingerprint density at radius 3 is 2.56 bits per heavy atom. The highest BCUT2D eigenvalue weighted by Crippen LogP contribution is 2.39. The second-order valence-electron chi connectivity index (χ2n) is 6.93. The number of hydrogen-bond donors (Lipinski definition) is 1. The molecular formula is C19H21N3O3S2. The molecule has 0 radical (unpaired) electrons. The van der Waals surface area contributed by atoms with Crippen LogP contribution in [-0.2, 0) is 22.9 Å². The first kappa shape index (κ1) is 19.5. The quantitative estimate of drug-likeness (QED) is 0.848. The van der Waals surface area contributed by atoms with Gasteiger partial charge < -0.3 is 5.32 Å². The lowest BCUT2D eigenvalue weighted by Gasteiger charge is -2.17. The minimum absolute atomic E-state index is 0.127. The molecule has 3 rings (SSSR count). The lowest BCUT2D eigenvalue weighted by molar-refractivity contribution is 0.102. The van der Waals surface area contributed by atoms with Gasteiger partial charge in [-0.2, -0.15) is 5.26 Å². The summed E-state index contributed by atoms with van der Waals surface area (Å²) < 4.78 is 25.4. The SMILES string of the molecule is CC1CCc2c(sc(NC(=O)c3ccc(S(=O)(=O)N(C)C)cc3)c2C#N)C1. The number of carbonyl (C=O) groups is 1. The van der Waals surface area contributed by atoms with Gasteiger partial charge in [0.1, 0.15) is 11.1 Å². The fourth-order valence-corrected chi connectivity index (χ4v) is 5.38. The smallest absolute Gasteiger partial charge is 0.256 e. The van der Waals surface area contributed by atoms with Crippen molar-refractivity contribution in [3.8, 4) is 6.07 Å². The Morgan fingerprint density at radius 2 is 1.96 bits per heavy atom. The lowest BCUT2D eigenvalue weighted by atomic mass is 9.88. The van der Waals surface area contributed by atoms with Gasteiger partial charge in [-0.25, -0.2) is 12.7 Å². The number of sulfonamides is 1. The summed E-state index contributed by atoms with van der Waals surface area (Å²) >= 11 is 1.47. The first-order chi connectivity index (χ1) is 12.7. The largest absolute Gasteiger partial charge is 0.312 e. The summed E-state index contributed by atoms with van der Waals surface area (Å²) in [5.41, 5.74) is 1.96. The predicted molar refractivity (Wildman–Crippen MR) is 105 cm³/mol. The number of nitrogens with zero attached hydrogens (tertiary/aromatic N) is 2. The van der Waals surface area contributed by atoms with Crippen molar-refractivity contribution < 1.29 is 13.2 Å². The molecule has 27 heavy (non-hydrogen) atoms. The second-order valence-corrected chi connectivity index (χ2v) is 10.2. The number of anilines is 1. The number of nitrogens with one attached hydrogen (secondary N) is 1. The van der Waals surface area contributed by atoms with Crippen molar-refractivity contribution in [2.24, 2.45) is 5.92 Å². The van der Waals surface area contributed by atoms with Crippen LogP contribution in [0.2, 0.25) is 0 Å². The van der Waals surface area contributed by atoms with Crippen LogP contribution in [0.1, 0.15) is 39.7 Å². The maximum absolute atomic E-state index is 12.6. The molecule has 1 unspecified atom stereocenters. The number of thiophene rings is 1. The van der Waals surface area contributed by atoms with E-state index in [-0.39, 0.29) is 10.8 Å². The third-order valence-corrected chi connectivity index (χ3v) is 7.74. The maximum atomic E-state index is 12.6. The van der Waals surface area contributed by atoms with Crippen LogP contribution in [0.25, 0.3) is 0 Å². The molecule has 1 N–H and O–H groups in total. The Morgan fingerprint density at radius 1 is 1.30 bits per heavy atom. The fourth-order valence-electron chi connectivity index (χ4n) is 3.12. The first-order valence-corrected chi connectivity index (χ1v) is 10.9. The summed E-state index contributed by atoms with van der Waals surface area (Å²) in [7, 11) is -0.621. The molecule has 0 saturated carbocycles. The van der Waals surface area contributed by atoms with Crippen LogP contribution in [0.3, 0.4) is 0 Å². The van der Waals surface area contributed by atoms with Gasteiger partial charge in [0.05, 0.1) is 10.5 Å². The molecule has 0 aliphatic heterocycles. The number of hydrogen-bond acceptors (Lipinski definition) is 5. The average molecular weight is 404 g/mol. The van der Waals surface area contributed by atoms with Gasteiger partial charge in [-0.05, 0) is 55.0 Å². The number of benzene rings is 1. The van der Waals surface area contributed by atoms with E-state index in [0.29, 0.717) is 22.0 Å². The van der Waals surface area contributed by atoms with Crippen LogP contribution in [-0.4, -0.2) is 32.7 Å². The Hall–Kier alpha value is -2.21. The molecular weight excluding hydrogens is 382 g/mol. The summed E-state index contributed by atoms with van der Waals surface area (Å²) in [6.45, 7) is 2.19. The number of carbonyl (C=O) groups excluding carboxylic acids is 1. The highest BCUT2D eigenvalue weighted by Gasteiger charge is 2.25. The highest BCUT2D eigenvalue weighted by molar-refractivity contribution is 7.89. The van der Waals surface area contributed by atoms with Gasteiger partial charge in [-0.3, -0.25) is 4.79 Å². The van der Waals surface area contributed by atoms with Gasteiger partial charge in [-0.15, -0.1) is 11.3 Å². The molecule has 142 valence electrons. The summed E-state index contributed by atoms with van der Waals surface area (Å²) in [6.07, 6.45) is 2.85. The Bertz CT molecular complexity index is 1020. The van der Waals surface area contributed by atoms with Crippen LogP contribution >= 0.6 is 11.3 Å². The van der Waals surface area contributed by atoms with E-state index in [4.69, 9.17) is 0 Å². The third kappa shape index (κ3) is 3.76. The van der Waals surface area contributed by atoms with Gasteiger partial charge in [0, 0.05) is 24.5 Å². The second kappa shape index (κ2) is 7.43. The van der Waals surface area contributed by atoms with Crippen LogP contribution in [0.4, 0.5) is 5.00 Å². The van der Waals surface area contributed by atoms with Crippen molar-refractivity contribution in [2.45, 2.75) is 31.1 Å². The molecule has 1 atom stereocenters. The first-order valence-electron chi connectivity index (χ1n) is 8.62. The standard InChI is InChI=1S/C19H21N3O3S2/c1-12-4-9-15-16(11-20)19(26-17(15)10-12)21-18(23)13-5-7-14(8-6-13)27(24,25)22(2)3/h5-8,12H,4,9-10H2,1-3H3,(H,21,23). The van der Waals surface area contributed by atoms with Crippen molar-refractivity contribution in [1.82, 2.24) is 4.31 Å². The van der Waals surface area contributed by atoms with Crippen LogP contribution in [0.5, 0.6) is 0 Å². The van der Waals surface area contributed by atoms with Crippen LogP contribution < -0.4 is 5.32 Å². The van der Waals surface area contributed by atoms with Crippen molar-refractivity contribution in [3.05, 3.63) is 45.8 Å². The van der Waals surface area contributed by atoms with Gasteiger partial charge >= 0.3 is 0 Å². The zero-order chi connectivity index (χ0) is 19.8. The van der Waals surface area contributed by atoms with E-state index in [1.165, 1.54) is 54.6 Å². The van der Waals surface area contributed by atoms with Gasteiger partial charge in [-0.1, -0.05) is 6.92 Å². The summed E-state index contributed by atoms with van der Waals surface area (Å²) in [4.78, 5) is 13.9. The predicted octanol–water partition coefficient (Wildman–Crippen LogP) is 3.25. The summed E-state index contributed by atoms with van der Waals surface area (Å²) in [6, 6.07) is 8.01. The highest BCUT2D eigenvalue weighted by atomic mass is 32.2. The van der Waals surface area contributed by atoms with Gasteiger partial charge in [0.15, 0.2) is 0 Å². The van der Waals surface area contributed by atoms with E-state index in [2.05, 4.69) is 18.3 Å². The molecule has 8 heteroatoms. The third-order valence-electron chi connectivity index (χ3n) is 4.75. The molecule has 0 spiro atoms. The number of amides is 1. The molecule has 0 bridgehead atoms. The average Bonchev–Trinajstić information content (AvgIpc) is 2.97. The number of rotatable bonds is 4. The van der Waals surface area contributed by atoms with E-state index in [1.54, 1.807) is 0 Å². The maximum Gasteiger partial charge on any atom is 0.256 e. The molecule has 1 heterocycles. The molecule has 1 aromatic carbocycles. The van der Waals surface area contributed by atoms with Crippen molar-refractivity contribution in [1.29, 1.82) is 5.26 Å². The Balaban J connectivity index is 1.83. The fraction of sp³-hybridized carbons (Fsp3) is 0.368. The summed E-state index contributed by atoms with van der Waals surface area (Å²) in [5.74, 6) is 0.226. The number of fused-ring (bicyclic) bond motifs is 1. The topological polar surface area (TPSA) is 90.3 Å². The van der Waals surface area contributed by atoms with Crippen molar-refractivity contribution in [3.63, 3.8) is 0 Å². The van der Waals surface area contributed by atoms with E-state index in [9.17, 15) is 18.5 Å². The van der Waals surface area contributed by atoms with E-state index in [1.807, 2.05) is 0 Å². The monoisotopic (exact) mass is 403 g/mol. The van der Waals surface area contributed by atoms with Crippen molar-refractivity contribution >= 4 is 32.3 Å². The van der Waals surface area contributed by atoms with Gasteiger partial charge in [0.2, 0.25) is 10.0 Å². The molecule has 2 aromatic rings. The molecule has 1 aliphatic carbocycles. The number of nitriles is 1. The molecule has 0 saturated heterocycles. The lowest BCUT2D eigenvalue weighted by Crippen LogP contribution is -2.22. The van der Waals surface area contributed by atoms with E-state index >= 15 is 0 Å². The molecule has 0 fully saturated rings. The van der Waals surface area contributed by atoms with E-state index < -0.39 is 10.0 Å². The van der Waals surface area contributed by atoms with Gasteiger partial charge in [0.25, 0.3) is 5.91 Å². The zero-order valence-corrected chi connectivity index (χ0v) is 17.1. The minimum atomic E-state index is -3.54. The van der Waals surface area contributed by atoms with Crippen LogP contribution in [0.15, 0.2) is 29.2 Å². The summed E-state index contributed by atoms with van der Waals surface area (Å²) in [5, 5.41) is 12.9. The Labute approximate surface area is 163 Å². The normalized spacial score (nSPS) is 16.6. The molecule has 1 aromatic heterocycles. The molecule has 1 amide bonds. The molecule has 6 nitrogen and oxygen atoms in total. The minimum Gasteiger partial charge on any atom is -0.312 e. The Kier molecular flexibility index (Phi) is 5.38.